The van der Waals surface area contributed by atoms with Crippen molar-refractivity contribution in [2.24, 2.45) is 0 Å². The fraction of sp³-hybridized carbons (Fsp3) is 0.280. The van der Waals surface area contributed by atoms with Crippen LogP contribution < -0.4 is 20.1 Å². The van der Waals surface area contributed by atoms with E-state index in [1.165, 1.54) is 23.6 Å². The second-order valence-corrected chi connectivity index (χ2v) is 7.22. The number of carbonyl (C=O) groups excluding carboxylic acids is 1. The molecule has 0 saturated carbocycles. The summed E-state index contributed by atoms with van der Waals surface area (Å²) in [6.07, 6.45) is 0. The summed E-state index contributed by atoms with van der Waals surface area (Å²) in [4.78, 5) is 15.4. The summed E-state index contributed by atoms with van der Waals surface area (Å²) in [6, 6.07) is 20.4. The Labute approximate surface area is 195 Å². The first kappa shape index (κ1) is 25.2. The van der Waals surface area contributed by atoms with E-state index in [-0.39, 0.29) is 18.3 Å². The van der Waals surface area contributed by atoms with E-state index in [2.05, 4.69) is 52.9 Å². The van der Waals surface area contributed by atoms with Crippen LogP contribution in [0.15, 0.2) is 60.7 Å². The molecule has 2 N–H and O–H groups in total. The maximum absolute atomic E-state index is 10.9. The minimum Gasteiger partial charge on any atom is -0.481 e. The van der Waals surface area contributed by atoms with Gasteiger partial charge in [-0.2, -0.15) is 4.98 Å². The van der Waals surface area contributed by atoms with Crippen molar-refractivity contribution in [1.29, 1.82) is 0 Å². The van der Waals surface area contributed by atoms with Crippen molar-refractivity contribution in [3.63, 3.8) is 0 Å². The van der Waals surface area contributed by atoms with Gasteiger partial charge in [0.1, 0.15) is 6.61 Å². The Bertz CT molecular complexity index is 1010. The van der Waals surface area contributed by atoms with E-state index in [1.807, 2.05) is 30.3 Å². The second kappa shape index (κ2) is 12.7. The van der Waals surface area contributed by atoms with Gasteiger partial charge in [0.25, 0.3) is 0 Å². The lowest BCUT2D eigenvalue weighted by atomic mass is 9.97. The Hall–Kier alpha value is -3.09. The molecule has 0 aliphatic carbocycles. The molecule has 0 aliphatic rings. The van der Waals surface area contributed by atoms with Gasteiger partial charge in [-0.15, -0.1) is 12.4 Å². The Kier molecular flexibility index (Phi) is 9.98. The average molecular weight is 456 g/mol. The highest BCUT2D eigenvalue weighted by molar-refractivity contribution is 5.85. The molecule has 7 heteroatoms. The number of carbonyl (C=O) groups is 1. The summed E-state index contributed by atoms with van der Waals surface area (Å²) in [5.74, 6) is 1.01. The van der Waals surface area contributed by atoms with Gasteiger partial charge in [0, 0.05) is 38.2 Å². The van der Waals surface area contributed by atoms with Crippen molar-refractivity contribution < 1.29 is 14.3 Å². The molecule has 1 aromatic heterocycles. The topological polar surface area (TPSA) is 72.5 Å². The fourth-order valence-electron chi connectivity index (χ4n) is 3.32. The van der Waals surface area contributed by atoms with Gasteiger partial charge in [-0.1, -0.05) is 48.5 Å². The molecule has 6 nitrogen and oxygen atoms in total. The van der Waals surface area contributed by atoms with Crippen LogP contribution in [0.25, 0.3) is 11.1 Å². The zero-order chi connectivity index (χ0) is 22.1. The normalized spacial score (nSPS) is 10.2. The molecule has 0 unspecified atom stereocenters. The minimum atomic E-state index is -0.0351. The number of ether oxygens (including phenoxy) is 2. The van der Waals surface area contributed by atoms with Crippen molar-refractivity contribution in [3.8, 4) is 22.9 Å². The first-order valence-corrected chi connectivity index (χ1v) is 10.3. The van der Waals surface area contributed by atoms with Crippen molar-refractivity contribution in [2.75, 3.05) is 20.2 Å². The molecule has 0 fully saturated rings. The summed E-state index contributed by atoms with van der Waals surface area (Å²) in [7, 11) is 1.60. The average Bonchev–Trinajstić information content (AvgIpc) is 2.79. The zero-order valence-corrected chi connectivity index (χ0v) is 19.5. The predicted octanol–water partition coefficient (Wildman–Crippen LogP) is 4.29. The fourth-order valence-corrected chi connectivity index (χ4v) is 3.32. The molecule has 0 spiro atoms. The van der Waals surface area contributed by atoms with E-state index in [1.54, 1.807) is 7.11 Å². The van der Waals surface area contributed by atoms with Crippen molar-refractivity contribution in [1.82, 2.24) is 15.6 Å². The van der Waals surface area contributed by atoms with Crippen LogP contribution in [-0.2, 0) is 17.9 Å². The number of hydrogen-bond donors (Lipinski definition) is 2. The number of amides is 1. The van der Waals surface area contributed by atoms with Crippen molar-refractivity contribution >= 4 is 18.3 Å². The Morgan fingerprint density at radius 3 is 2.47 bits per heavy atom. The zero-order valence-electron chi connectivity index (χ0n) is 18.7. The first-order chi connectivity index (χ1) is 15.1. The van der Waals surface area contributed by atoms with Crippen molar-refractivity contribution in [2.45, 2.75) is 27.0 Å². The molecule has 3 rings (SSSR count). The third-order valence-corrected chi connectivity index (χ3v) is 5.00. The summed E-state index contributed by atoms with van der Waals surface area (Å²) in [5, 5.41) is 6.02. The van der Waals surface area contributed by atoms with Crippen LogP contribution in [0.1, 0.15) is 23.6 Å². The Balaban J connectivity index is 0.00000363. The van der Waals surface area contributed by atoms with Gasteiger partial charge in [-0.25, -0.2) is 0 Å². The summed E-state index contributed by atoms with van der Waals surface area (Å²) >= 11 is 0. The van der Waals surface area contributed by atoms with E-state index in [0.29, 0.717) is 38.0 Å². The SMILES string of the molecule is COc1nc(OCc2cccc(-c3ccccc3)c2C)ccc1CNCCNC(C)=O.Cl. The number of hydrogen-bond acceptors (Lipinski definition) is 5. The molecule has 0 aliphatic heterocycles. The molecule has 32 heavy (non-hydrogen) atoms. The number of nitrogens with zero attached hydrogens (tertiary/aromatic N) is 1. The number of rotatable bonds is 10. The largest absolute Gasteiger partial charge is 0.481 e. The lowest BCUT2D eigenvalue weighted by molar-refractivity contribution is -0.118. The number of nitrogens with one attached hydrogen (secondary N) is 2. The second-order valence-electron chi connectivity index (χ2n) is 7.22. The highest BCUT2D eigenvalue weighted by Gasteiger charge is 2.10. The Morgan fingerprint density at radius 1 is 0.969 bits per heavy atom. The number of pyridine rings is 1. The highest BCUT2D eigenvalue weighted by Crippen LogP contribution is 2.27. The van der Waals surface area contributed by atoms with Crippen LogP contribution in [0.2, 0.25) is 0 Å². The predicted molar refractivity (Wildman–Crippen MR) is 129 cm³/mol. The van der Waals surface area contributed by atoms with E-state index in [4.69, 9.17) is 9.47 Å². The molecule has 0 bridgehead atoms. The third-order valence-electron chi connectivity index (χ3n) is 5.00. The van der Waals surface area contributed by atoms with Gasteiger partial charge in [-0.05, 0) is 35.2 Å². The van der Waals surface area contributed by atoms with Gasteiger partial charge in [-0.3, -0.25) is 4.79 Å². The van der Waals surface area contributed by atoms with Crippen LogP contribution in [0.4, 0.5) is 0 Å². The lowest BCUT2D eigenvalue weighted by Gasteiger charge is -2.14. The minimum absolute atomic E-state index is 0. The monoisotopic (exact) mass is 455 g/mol. The maximum atomic E-state index is 10.9. The molecular formula is C25H30ClN3O3. The van der Waals surface area contributed by atoms with Gasteiger partial charge in [0.2, 0.25) is 17.7 Å². The van der Waals surface area contributed by atoms with Crippen molar-refractivity contribution in [3.05, 3.63) is 77.4 Å². The van der Waals surface area contributed by atoms with Crippen LogP contribution in [0.5, 0.6) is 11.8 Å². The molecule has 3 aromatic rings. The molecule has 0 atom stereocenters. The maximum Gasteiger partial charge on any atom is 0.220 e. The van der Waals surface area contributed by atoms with Crippen LogP contribution in [-0.4, -0.2) is 31.1 Å². The van der Waals surface area contributed by atoms with E-state index >= 15 is 0 Å². The van der Waals surface area contributed by atoms with E-state index in [9.17, 15) is 4.79 Å². The number of methoxy groups -OCH3 is 1. The Morgan fingerprint density at radius 2 is 1.75 bits per heavy atom. The highest BCUT2D eigenvalue weighted by atomic mass is 35.5. The molecule has 1 amide bonds. The van der Waals surface area contributed by atoms with Gasteiger partial charge in [0.05, 0.1) is 7.11 Å². The van der Waals surface area contributed by atoms with Gasteiger partial charge < -0.3 is 20.1 Å². The number of halogens is 1. The van der Waals surface area contributed by atoms with E-state index < -0.39 is 0 Å². The summed E-state index contributed by atoms with van der Waals surface area (Å²) in [6.45, 7) is 5.88. The molecule has 170 valence electrons. The lowest BCUT2D eigenvalue weighted by Crippen LogP contribution is -2.30. The molecule has 2 aromatic carbocycles. The smallest absolute Gasteiger partial charge is 0.220 e. The number of benzene rings is 2. The molecule has 1 heterocycles. The van der Waals surface area contributed by atoms with Crippen LogP contribution >= 0.6 is 12.4 Å². The van der Waals surface area contributed by atoms with Crippen LogP contribution in [0, 0.1) is 6.92 Å². The number of aromatic nitrogens is 1. The third kappa shape index (κ3) is 6.97. The summed E-state index contributed by atoms with van der Waals surface area (Å²) < 4.78 is 11.4. The van der Waals surface area contributed by atoms with E-state index in [0.717, 1.165) is 11.1 Å². The first-order valence-electron chi connectivity index (χ1n) is 10.3. The standard InChI is InChI=1S/C25H29N3O3.ClH/c1-18-22(10-7-11-23(18)20-8-5-4-6-9-20)17-31-24-13-12-21(25(28-24)30-3)16-26-14-15-27-19(2)29;/h4-13,26H,14-17H2,1-3H3,(H,27,29);1H. The molecule has 0 saturated heterocycles. The summed E-state index contributed by atoms with van der Waals surface area (Å²) in [5.41, 5.74) is 5.64. The molecular weight excluding hydrogens is 426 g/mol. The van der Waals surface area contributed by atoms with Gasteiger partial charge in [0.15, 0.2) is 0 Å². The van der Waals surface area contributed by atoms with Crippen LogP contribution in [0.3, 0.4) is 0 Å². The molecule has 0 radical (unpaired) electrons. The van der Waals surface area contributed by atoms with Gasteiger partial charge >= 0.3 is 0 Å². The quantitative estimate of drug-likeness (QED) is 0.446.